The number of fused-ring (bicyclic) bond motifs is 5. The standard InChI is InChI=1S/C59H75FN10O14/c1-9-59(81)38-24-43-52-36(29-70(43)54(78)37(38)32-82-55(59)79)51-40(20-18-35-33(2)39(60)25-42(68-52)50(35)51)66-44(71)16-13-21-61-45(72)27-65-53(77)41(19-17-34-14-11-10-12-15-34)67-47(74)28-63-46(73)26-64-48(75)30-69(31-49(76)83-57(3,4)5)23-22-62-56(80)84-58(6,7)8/h10-12,14-15,24-25,40-41,81H,9,13,16-23,26-32H2,1-8H3,(H,61,72)(H,62,80)(H,63,73)(H,64,75)(H,65,77)(H,66,71)(H,67,74)/t40-,41-,59-/m0/s1. The van der Waals surface area contributed by atoms with E-state index in [0.29, 0.717) is 58.2 Å². The highest BCUT2D eigenvalue weighted by Crippen LogP contribution is 2.46. The molecule has 25 heteroatoms. The van der Waals surface area contributed by atoms with Crippen LogP contribution in [0.4, 0.5) is 9.18 Å². The smallest absolute Gasteiger partial charge is 0.407 e. The van der Waals surface area contributed by atoms with Crippen LogP contribution in [0.25, 0.3) is 22.3 Å². The van der Waals surface area contributed by atoms with Gasteiger partial charge in [-0.3, -0.25) is 43.3 Å². The summed E-state index contributed by atoms with van der Waals surface area (Å²) in [6, 6.07) is 10.4. The summed E-state index contributed by atoms with van der Waals surface area (Å²) >= 11 is 0. The lowest BCUT2D eigenvalue weighted by atomic mass is 9.81. The van der Waals surface area contributed by atoms with Crippen LogP contribution in [0.1, 0.15) is 126 Å². The van der Waals surface area contributed by atoms with E-state index >= 15 is 4.39 Å². The van der Waals surface area contributed by atoms with Crippen LogP contribution in [-0.2, 0) is 84.2 Å². The molecule has 1 aliphatic carbocycles. The molecule has 4 aromatic rings. The summed E-state index contributed by atoms with van der Waals surface area (Å²) in [5, 5.41) is 30.5. The van der Waals surface area contributed by atoms with Crippen molar-refractivity contribution in [3.8, 4) is 11.4 Å². The Morgan fingerprint density at radius 2 is 1.51 bits per heavy atom. The Balaban J connectivity index is 0.891. The first-order valence-corrected chi connectivity index (χ1v) is 28.1. The molecule has 2 aromatic heterocycles. The van der Waals surface area contributed by atoms with Crippen molar-refractivity contribution in [3.05, 3.63) is 97.6 Å². The van der Waals surface area contributed by atoms with Crippen LogP contribution < -0.4 is 42.8 Å². The topological polar surface area (TPSA) is 324 Å². The normalized spacial score (nSPS) is 16.2. The Bertz CT molecular complexity index is 3280. The average Bonchev–Trinajstić information content (AvgIpc) is 2.18. The highest BCUT2D eigenvalue weighted by molar-refractivity contribution is 5.95. The second kappa shape index (κ2) is 26.9. The first-order chi connectivity index (χ1) is 39.6. The number of carbonyl (C=O) groups is 9. The van der Waals surface area contributed by atoms with Gasteiger partial charge in [-0.1, -0.05) is 37.3 Å². The lowest BCUT2D eigenvalue weighted by molar-refractivity contribution is -0.172. The van der Waals surface area contributed by atoms with E-state index < -0.39 is 107 Å². The van der Waals surface area contributed by atoms with Crippen molar-refractivity contribution < 1.29 is 66.9 Å². The van der Waals surface area contributed by atoms with Gasteiger partial charge in [0.15, 0.2) is 5.60 Å². The number of aliphatic hydroxyl groups is 1. The van der Waals surface area contributed by atoms with Crippen molar-refractivity contribution in [1.82, 2.24) is 51.7 Å². The van der Waals surface area contributed by atoms with Gasteiger partial charge in [-0.25, -0.2) is 19.0 Å². The number of ether oxygens (including phenoxy) is 3. The SMILES string of the molecule is CC[C@@]1(O)C(=O)OCc2c1cc1n(c2=O)Cc2c-1nc1cc(F)c(C)c3c1c2[C@@H](NC(=O)CCCNC(=O)CNC(=O)[C@H](CCc1ccccc1)NC(=O)CNC(=O)CNC(=O)CN(CCNC(=O)OC(C)(C)C)CC(=O)OC(C)(C)C)CC3. The summed E-state index contributed by atoms with van der Waals surface area (Å²) in [5.41, 5.74) is 0.713. The number of esters is 2. The molecule has 0 bridgehead atoms. The van der Waals surface area contributed by atoms with Crippen LogP contribution in [0.5, 0.6) is 0 Å². The van der Waals surface area contributed by atoms with Crippen molar-refractivity contribution >= 4 is 64.4 Å². The van der Waals surface area contributed by atoms with E-state index in [0.717, 1.165) is 11.1 Å². The number of pyridine rings is 2. The molecule has 8 N–H and O–H groups in total. The fraction of sp³-hybridized carbons (Fsp3) is 0.508. The van der Waals surface area contributed by atoms with Gasteiger partial charge in [-0.05, 0) is 115 Å². The predicted octanol–water partition coefficient (Wildman–Crippen LogP) is 2.16. The van der Waals surface area contributed by atoms with Gasteiger partial charge in [0.1, 0.15) is 29.7 Å². The van der Waals surface area contributed by atoms with Gasteiger partial charge < -0.3 is 61.1 Å². The number of aryl methyl sites for hydroxylation is 2. The van der Waals surface area contributed by atoms with E-state index in [1.54, 1.807) is 61.5 Å². The second-order valence-corrected chi connectivity index (χ2v) is 23.1. The van der Waals surface area contributed by atoms with Crippen LogP contribution in [0, 0.1) is 12.7 Å². The number of cyclic esters (lactones) is 1. The van der Waals surface area contributed by atoms with E-state index in [1.807, 2.05) is 30.3 Å². The zero-order valence-corrected chi connectivity index (χ0v) is 48.7. The summed E-state index contributed by atoms with van der Waals surface area (Å²) in [7, 11) is 0. The van der Waals surface area contributed by atoms with Crippen molar-refractivity contribution in [2.45, 2.75) is 142 Å². The predicted molar refractivity (Wildman–Crippen MR) is 303 cm³/mol. The van der Waals surface area contributed by atoms with Gasteiger partial charge >= 0.3 is 18.0 Å². The third-order valence-electron chi connectivity index (χ3n) is 14.4. The molecule has 3 aliphatic rings. The summed E-state index contributed by atoms with van der Waals surface area (Å²) in [6.07, 6.45) is 0.808. The van der Waals surface area contributed by atoms with Gasteiger partial charge in [0.05, 0.1) is 67.8 Å². The quantitative estimate of drug-likeness (QED) is 0.0249. The van der Waals surface area contributed by atoms with E-state index in [4.69, 9.17) is 19.2 Å². The zero-order valence-electron chi connectivity index (χ0n) is 48.7. The molecule has 0 unspecified atom stereocenters. The molecule has 24 nitrogen and oxygen atoms in total. The Labute approximate surface area is 485 Å². The molecule has 84 heavy (non-hydrogen) atoms. The minimum absolute atomic E-state index is 0.00745. The molecule has 0 radical (unpaired) electrons. The molecular weight excluding hydrogens is 1090 g/mol. The third kappa shape index (κ3) is 16.1. The van der Waals surface area contributed by atoms with Gasteiger partial charge in [-0.2, -0.15) is 0 Å². The number of nitrogens with one attached hydrogen (secondary N) is 7. The van der Waals surface area contributed by atoms with Crippen molar-refractivity contribution in [1.29, 1.82) is 0 Å². The lowest BCUT2D eigenvalue weighted by Gasteiger charge is -2.31. The summed E-state index contributed by atoms with van der Waals surface area (Å²) in [6.45, 7) is 11.2. The average molecular weight is 1170 g/mol. The molecule has 0 spiro atoms. The minimum Gasteiger partial charge on any atom is -0.459 e. The number of hydrogen-bond acceptors (Lipinski definition) is 16. The maximum atomic E-state index is 15.4. The maximum Gasteiger partial charge on any atom is 0.407 e. The molecule has 452 valence electrons. The lowest BCUT2D eigenvalue weighted by Crippen LogP contribution is -2.52. The number of halogens is 1. The fourth-order valence-electron chi connectivity index (χ4n) is 10.3. The maximum absolute atomic E-state index is 15.4. The Hall–Kier alpha value is -8.32. The highest BCUT2D eigenvalue weighted by Gasteiger charge is 2.46. The van der Waals surface area contributed by atoms with Gasteiger partial charge in [-0.15, -0.1) is 0 Å². The minimum atomic E-state index is -2.05. The molecular formula is C59H75FN10O14. The first-order valence-electron chi connectivity index (χ1n) is 28.1. The Morgan fingerprint density at radius 3 is 2.21 bits per heavy atom. The summed E-state index contributed by atoms with van der Waals surface area (Å²) < 4.78 is 32.8. The molecule has 7 rings (SSSR count). The molecule has 0 saturated carbocycles. The Kier molecular flexibility index (Phi) is 20.3. The summed E-state index contributed by atoms with van der Waals surface area (Å²) in [4.78, 5) is 137. The highest BCUT2D eigenvalue weighted by atomic mass is 19.1. The number of carbonyl (C=O) groups excluding carboxylic acids is 9. The number of rotatable bonds is 24. The van der Waals surface area contributed by atoms with Crippen LogP contribution >= 0.6 is 0 Å². The number of amides is 7. The van der Waals surface area contributed by atoms with Crippen LogP contribution in [0.3, 0.4) is 0 Å². The monoisotopic (exact) mass is 1170 g/mol. The van der Waals surface area contributed by atoms with E-state index in [9.17, 15) is 53.1 Å². The number of aromatic nitrogens is 2. The van der Waals surface area contributed by atoms with Gasteiger partial charge in [0, 0.05) is 48.6 Å². The number of hydrogen-bond donors (Lipinski definition) is 8. The van der Waals surface area contributed by atoms with Crippen molar-refractivity contribution in [2.75, 3.05) is 52.4 Å². The number of alkyl carbamates (subject to hydrolysis) is 1. The van der Waals surface area contributed by atoms with Crippen LogP contribution in [0.15, 0.2) is 47.3 Å². The van der Waals surface area contributed by atoms with Gasteiger partial charge in [0.25, 0.3) is 5.56 Å². The number of benzene rings is 2. The molecule has 7 amide bonds. The molecule has 0 fully saturated rings. The summed E-state index contributed by atoms with van der Waals surface area (Å²) in [5.74, 6) is -5.62. The van der Waals surface area contributed by atoms with Gasteiger partial charge in [0.2, 0.25) is 35.4 Å². The molecule has 0 saturated heterocycles. The molecule has 4 heterocycles. The van der Waals surface area contributed by atoms with Crippen molar-refractivity contribution in [3.63, 3.8) is 0 Å². The van der Waals surface area contributed by atoms with Crippen LogP contribution in [-0.4, -0.2) is 143 Å². The number of nitrogens with zero attached hydrogens (tertiary/aromatic N) is 3. The molecule has 2 aliphatic heterocycles. The van der Waals surface area contributed by atoms with E-state index in [2.05, 4.69) is 37.2 Å². The van der Waals surface area contributed by atoms with Crippen LogP contribution in [0.2, 0.25) is 0 Å². The first kappa shape index (κ1) is 63.3. The Morgan fingerprint density at radius 1 is 0.833 bits per heavy atom. The second-order valence-electron chi connectivity index (χ2n) is 23.1. The molecule has 3 atom stereocenters. The van der Waals surface area contributed by atoms with E-state index in [1.165, 1.54) is 15.5 Å². The van der Waals surface area contributed by atoms with Crippen molar-refractivity contribution in [2.24, 2.45) is 0 Å². The molecule has 2 aromatic carbocycles. The largest absolute Gasteiger partial charge is 0.459 e. The fourth-order valence-corrected chi connectivity index (χ4v) is 10.3. The third-order valence-corrected chi connectivity index (χ3v) is 14.4. The van der Waals surface area contributed by atoms with E-state index in [-0.39, 0.29) is 88.6 Å². The zero-order chi connectivity index (χ0) is 61.3.